The van der Waals surface area contributed by atoms with Crippen LogP contribution in [0.4, 0.5) is 0 Å². The molecule has 1 atom stereocenters. The van der Waals surface area contributed by atoms with Crippen molar-refractivity contribution in [2.24, 2.45) is 17.6 Å². The maximum atomic E-state index is 9.18. The molecule has 1 fully saturated rings. The van der Waals surface area contributed by atoms with Crippen molar-refractivity contribution in [3.8, 4) is 0 Å². The Bertz CT molecular complexity index is 169. The van der Waals surface area contributed by atoms with E-state index in [2.05, 4.69) is 0 Å². The van der Waals surface area contributed by atoms with E-state index < -0.39 is 5.79 Å². The number of methoxy groups -OCH3 is 2. The van der Waals surface area contributed by atoms with Crippen LogP contribution in [0.15, 0.2) is 0 Å². The van der Waals surface area contributed by atoms with E-state index in [-0.39, 0.29) is 12.5 Å². The summed E-state index contributed by atoms with van der Waals surface area (Å²) in [6.45, 7) is 0.752. The summed E-state index contributed by atoms with van der Waals surface area (Å²) in [5.74, 6) is 0.348. The van der Waals surface area contributed by atoms with Gasteiger partial charge in [-0.15, -0.1) is 0 Å². The van der Waals surface area contributed by atoms with E-state index in [4.69, 9.17) is 15.2 Å². The van der Waals surface area contributed by atoms with E-state index in [1.807, 2.05) is 0 Å². The summed E-state index contributed by atoms with van der Waals surface area (Å²) < 4.78 is 10.8. The first-order valence-electron chi connectivity index (χ1n) is 5.62. The maximum absolute atomic E-state index is 9.18. The third-order valence-electron chi connectivity index (χ3n) is 3.74. The first-order chi connectivity index (χ1) is 7.21. The second-order valence-electron chi connectivity index (χ2n) is 4.33. The lowest BCUT2D eigenvalue weighted by Gasteiger charge is -2.39. The number of ether oxygens (including phenoxy) is 2. The molecule has 15 heavy (non-hydrogen) atoms. The van der Waals surface area contributed by atoms with E-state index in [0.717, 1.165) is 25.7 Å². The number of aliphatic hydroxyl groups excluding tert-OH is 1. The van der Waals surface area contributed by atoms with Gasteiger partial charge in [0, 0.05) is 33.7 Å². The predicted octanol–water partition coefficient (Wildman–Crippen LogP) is 0.733. The Morgan fingerprint density at radius 2 is 1.87 bits per heavy atom. The Balaban J connectivity index is 2.47. The fourth-order valence-corrected chi connectivity index (χ4v) is 2.46. The summed E-state index contributed by atoms with van der Waals surface area (Å²) in [6.07, 6.45) is 3.82. The fraction of sp³-hybridized carbons (Fsp3) is 1.00. The van der Waals surface area contributed by atoms with Crippen LogP contribution in [0.2, 0.25) is 0 Å². The van der Waals surface area contributed by atoms with E-state index in [9.17, 15) is 5.11 Å². The second-order valence-corrected chi connectivity index (χ2v) is 4.33. The van der Waals surface area contributed by atoms with Gasteiger partial charge in [-0.3, -0.25) is 0 Å². The molecule has 3 N–H and O–H groups in total. The average Bonchev–Trinajstić information content (AvgIpc) is 2.32. The van der Waals surface area contributed by atoms with Gasteiger partial charge < -0.3 is 20.3 Å². The molecule has 1 saturated carbocycles. The van der Waals surface area contributed by atoms with Crippen molar-refractivity contribution in [3.63, 3.8) is 0 Å². The lowest BCUT2D eigenvalue weighted by atomic mass is 9.78. The average molecular weight is 217 g/mol. The molecule has 4 nitrogen and oxygen atoms in total. The topological polar surface area (TPSA) is 64.7 Å². The van der Waals surface area contributed by atoms with Crippen LogP contribution in [0.25, 0.3) is 0 Å². The molecule has 0 radical (unpaired) electrons. The Morgan fingerprint density at radius 1 is 1.33 bits per heavy atom. The van der Waals surface area contributed by atoms with Crippen molar-refractivity contribution < 1.29 is 14.6 Å². The molecule has 0 aromatic heterocycles. The largest absolute Gasteiger partial charge is 0.396 e. The highest BCUT2D eigenvalue weighted by Crippen LogP contribution is 2.37. The predicted molar refractivity (Wildman–Crippen MR) is 58.3 cm³/mol. The Labute approximate surface area is 91.7 Å². The molecule has 0 aliphatic heterocycles. The van der Waals surface area contributed by atoms with Crippen molar-refractivity contribution >= 4 is 0 Å². The molecule has 90 valence electrons. The van der Waals surface area contributed by atoms with Crippen LogP contribution in [0, 0.1) is 11.8 Å². The number of nitrogens with two attached hydrogens (primary N) is 1. The van der Waals surface area contributed by atoms with Gasteiger partial charge in [0.1, 0.15) is 0 Å². The monoisotopic (exact) mass is 217 g/mol. The molecule has 0 saturated heterocycles. The molecule has 0 amide bonds. The highest BCUT2D eigenvalue weighted by Gasteiger charge is 2.37. The third-order valence-corrected chi connectivity index (χ3v) is 3.74. The number of rotatable bonds is 5. The van der Waals surface area contributed by atoms with E-state index in [1.165, 1.54) is 0 Å². The summed E-state index contributed by atoms with van der Waals surface area (Å²) >= 11 is 0. The lowest BCUT2D eigenvalue weighted by molar-refractivity contribution is -0.229. The molecule has 0 aromatic rings. The van der Waals surface area contributed by atoms with Crippen LogP contribution in [-0.4, -0.2) is 38.3 Å². The van der Waals surface area contributed by atoms with E-state index in [0.29, 0.717) is 12.5 Å². The van der Waals surface area contributed by atoms with Crippen LogP contribution in [-0.2, 0) is 9.47 Å². The van der Waals surface area contributed by atoms with Crippen molar-refractivity contribution in [2.45, 2.75) is 31.5 Å². The van der Waals surface area contributed by atoms with Crippen molar-refractivity contribution in [3.05, 3.63) is 0 Å². The minimum atomic E-state index is -0.398. The highest BCUT2D eigenvalue weighted by molar-refractivity contribution is 4.83. The SMILES string of the molecule is COC1(OC)CCC(C(CN)CO)CC1. The van der Waals surface area contributed by atoms with Gasteiger partial charge in [0.05, 0.1) is 0 Å². The smallest absolute Gasteiger partial charge is 0.167 e. The zero-order valence-electron chi connectivity index (χ0n) is 9.74. The van der Waals surface area contributed by atoms with Crippen LogP contribution >= 0.6 is 0 Å². The molecule has 0 aromatic carbocycles. The van der Waals surface area contributed by atoms with Gasteiger partial charge >= 0.3 is 0 Å². The lowest BCUT2D eigenvalue weighted by Crippen LogP contribution is -2.41. The summed E-state index contributed by atoms with van der Waals surface area (Å²) in [5, 5.41) is 9.18. The van der Waals surface area contributed by atoms with E-state index >= 15 is 0 Å². The Hall–Kier alpha value is -0.160. The summed E-state index contributed by atoms with van der Waals surface area (Å²) in [4.78, 5) is 0. The quantitative estimate of drug-likeness (QED) is 0.666. The van der Waals surface area contributed by atoms with Gasteiger partial charge in [0.2, 0.25) is 0 Å². The van der Waals surface area contributed by atoms with Gasteiger partial charge in [0.15, 0.2) is 5.79 Å². The first kappa shape index (κ1) is 12.9. The molecule has 1 rings (SSSR count). The number of hydrogen-bond acceptors (Lipinski definition) is 4. The van der Waals surface area contributed by atoms with Gasteiger partial charge in [-0.25, -0.2) is 0 Å². The second kappa shape index (κ2) is 5.80. The molecular formula is C11H23NO3. The first-order valence-corrected chi connectivity index (χ1v) is 5.62. The molecule has 1 unspecified atom stereocenters. The van der Waals surface area contributed by atoms with Gasteiger partial charge in [0.25, 0.3) is 0 Å². The molecule has 1 aliphatic rings. The van der Waals surface area contributed by atoms with Crippen LogP contribution in [0.5, 0.6) is 0 Å². The Morgan fingerprint density at radius 3 is 2.20 bits per heavy atom. The normalized spacial score (nSPS) is 24.0. The molecule has 1 aliphatic carbocycles. The van der Waals surface area contributed by atoms with Crippen molar-refractivity contribution in [1.82, 2.24) is 0 Å². The van der Waals surface area contributed by atoms with Crippen molar-refractivity contribution in [1.29, 1.82) is 0 Å². The summed E-state index contributed by atoms with van der Waals surface area (Å²) in [5.41, 5.74) is 5.62. The van der Waals surface area contributed by atoms with Gasteiger partial charge in [-0.05, 0) is 31.2 Å². The number of hydrogen-bond donors (Lipinski definition) is 2. The molecule has 0 heterocycles. The van der Waals surface area contributed by atoms with Crippen molar-refractivity contribution in [2.75, 3.05) is 27.4 Å². The summed E-state index contributed by atoms with van der Waals surface area (Å²) in [7, 11) is 3.38. The minimum absolute atomic E-state index is 0.189. The Kier molecular flexibility index (Phi) is 4.99. The minimum Gasteiger partial charge on any atom is -0.396 e. The molecule has 4 heteroatoms. The highest BCUT2D eigenvalue weighted by atomic mass is 16.7. The van der Waals surface area contributed by atoms with Gasteiger partial charge in [-0.2, -0.15) is 0 Å². The van der Waals surface area contributed by atoms with Gasteiger partial charge in [-0.1, -0.05) is 0 Å². The molecule has 0 bridgehead atoms. The standard InChI is InChI=1S/C11H23NO3/c1-14-11(15-2)5-3-9(4-6-11)10(7-12)8-13/h9-10,13H,3-8,12H2,1-2H3. The molecular weight excluding hydrogens is 194 g/mol. The van der Waals surface area contributed by atoms with Crippen LogP contribution in [0.1, 0.15) is 25.7 Å². The number of aliphatic hydroxyl groups is 1. The zero-order valence-corrected chi connectivity index (χ0v) is 9.74. The van der Waals surface area contributed by atoms with Crippen LogP contribution in [0.3, 0.4) is 0 Å². The molecule has 0 spiro atoms. The summed E-state index contributed by atoms with van der Waals surface area (Å²) in [6, 6.07) is 0. The van der Waals surface area contributed by atoms with E-state index in [1.54, 1.807) is 14.2 Å². The third kappa shape index (κ3) is 2.91. The fourth-order valence-electron chi connectivity index (χ4n) is 2.46. The van der Waals surface area contributed by atoms with Crippen LogP contribution < -0.4 is 5.73 Å². The zero-order chi connectivity index (χ0) is 11.3. The maximum Gasteiger partial charge on any atom is 0.167 e.